The lowest BCUT2D eigenvalue weighted by molar-refractivity contribution is -0.141. The van der Waals surface area contributed by atoms with Gasteiger partial charge >= 0.3 is 5.97 Å². The van der Waals surface area contributed by atoms with Gasteiger partial charge in [0, 0.05) is 10.6 Å². The summed E-state index contributed by atoms with van der Waals surface area (Å²) in [6.07, 6.45) is -0.860. The third kappa shape index (κ3) is 4.71. The molecule has 0 aliphatic carbocycles. The van der Waals surface area contributed by atoms with Crippen molar-refractivity contribution in [2.45, 2.75) is 20.0 Å². The van der Waals surface area contributed by atoms with Gasteiger partial charge in [0.15, 0.2) is 11.9 Å². The number of rotatable bonds is 5. The Morgan fingerprint density at radius 1 is 1.04 bits per heavy atom. The van der Waals surface area contributed by atoms with Crippen LogP contribution in [0, 0.1) is 0 Å². The molecule has 0 aromatic heterocycles. The van der Waals surface area contributed by atoms with Gasteiger partial charge in [-0.15, -0.1) is 0 Å². The molecule has 2 aromatic rings. The van der Waals surface area contributed by atoms with Crippen molar-refractivity contribution in [3.63, 3.8) is 0 Å². The number of carbonyl (C=O) groups is 2. The summed E-state index contributed by atoms with van der Waals surface area (Å²) in [5.74, 6) is 0.0358. The summed E-state index contributed by atoms with van der Waals surface area (Å²) in [6.45, 7) is 3.02. The molecular weight excluding hydrogens is 339 g/mol. The Kier molecular flexibility index (Phi) is 5.64. The van der Waals surface area contributed by atoms with Crippen molar-refractivity contribution >= 4 is 35.0 Å². The van der Waals surface area contributed by atoms with E-state index in [0.717, 1.165) is 0 Å². The third-order valence-electron chi connectivity index (χ3n) is 3.01. The fraction of sp³-hybridized carbons (Fsp3) is 0.176. The highest BCUT2D eigenvalue weighted by Crippen LogP contribution is 2.28. The van der Waals surface area contributed by atoms with Crippen LogP contribution in [0.1, 0.15) is 24.2 Å². The molecule has 0 fully saturated rings. The summed E-state index contributed by atoms with van der Waals surface area (Å²) in [5, 5.41) is 0.783. The number of ether oxygens (including phenoxy) is 2. The van der Waals surface area contributed by atoms with Crippen molar-refractivity contribution in [2.75, 3.05) is 0 Å². The topological polar surface area (TPSA) is 52.6 Å². The van der Waals surface area contributed by atoms with Crippen LogP contribution in [0.2, 0.25) is 10.0 Å². The van der Waals surface area contributed by atoms with Gasteiger partial charge in [-0.2, -0.15) is 0 Å². The van der Waals surface area contributed by atoms with E-state index in [1.54, 1.807) is 43.3 Å². The van der Waals surface area contributed by atoms with Crippen molar-refractivity contribution in [2.24, 2.45) is 0 Å². The standard InChI is InChI=1S/C17H14Cl2O4/c1-10(20)12-3-6-14(7-4-12)23-17(21)11(2)22-16-8-5-13(18)9-15(16)19/h3-9,11H,1-2H3/t11-/m1/s1. The molecule has 0 N–H and O–H groups in total. The lowest BCUT2D eigenvalue weighted by Crippen LogP contribution is -2.28. The lowest BCUT2D eigenvalue weighted by Gasteiger charge is -2.15. The predicted octanol–water partition coefficient (Wildman–Crippen LogP) is 4.57. The molecule has 2 rings (SSSR count). The first-order valence-corrected chi connectivity index (χ1v) is 7.57. The maximum absolute atomic E-state index is 12.0. The van der Waals surface area contributed by atoms with Gasteiger partial charge in [-0.05, 0) is 56.3 Å². The van der Waals surface area contributed by atoms with Gasteiger partial charge in [0.2, 0.25) is 0 Å². The van der Waals surface area contributed by atoms with Crippen LogP contribution in [0.15, 0.2) is 42.5 Å². The first kappa shape index (κ1) is 17.3. The van der Waals surface area contributed by atoms with Gasteiger partial charge in [0.05, 0.1) is 5.02 Å². The normalized spacial score (nSPS) is 11.7. The molecule has 120 valence electrons. The Morgan fingerprint density at radius 2 is 1.70 bits per heavy atom. The van der Waals surface area contributed by atoms with Gasteiger partial charge in [0.1, 0.15) is 11.5 Å². The molecular formula is C17H14Cl2O4. The molecule has 0 radical (unpaired) electrons. The Hall–Kier alpha value is -2.04. The first-order chi connectivity index (χ1) is 10.9. The molecule has 0 spiro atoms. The van der Waals surface area contributed by atoms with Gasteiger partial charge in [-0.25, -0.2) is 4.79 Å². The SMILES string of the molecule is CC(=O)c1ccc(OC(=O)[C@@H](C)Oc2ccc(Cl)cc2Cl)cc1. The third-order valence-corrected chi connectivity index (χ3v) is 3.54. The maximum Gasteiger partial charge on any atom is 0.352 e. The molecule has 0 heterocycles. The molecule has 2 aromatic carbocycles. The summed E-state index contributed by atoms with van der Waals surface area (Å²) in [7, 11) is 0. The zero-order valence-corrected chi connectivity index (χ0v) is 14.0. The zero-order chi connectivity index (χ0) is 17.0. The largest absolute Gasteiger partial charge is 0.477 e. The highest BCUT2D eigenvalue weighted by atomic mass is 35.5. The van der Waals surface area contributed by atoms with E-state index in [2.05, 4.69) is 0 Å². The molecule has 4 nitrogen and oxygen atoms in total. The average Bonchev–Trinajstić information content (AvgIpc) is 2.50. The van der Waals surface area contributed by atoms with Crippen LogP contribution in [-0.4, -0.2) is 17.9 Å². The Bertz CT molecular complexity index is 726. The number of ketones is 1. The van der Waals surface area contributed by atoms with Crippen molar-refractivity contribution in [3.8, 4) is 11.5 Å². The van der Waals surface area contributed by atoms with Crippen LogP contribution in [0.25, 0.3) is 0 Å². The van der Waals surface area contributed by atoms with E-state index in [-0.39, 0.29) is 5.78 Å². The molecule has 0 amide bonds. The molecule has 0 saturated heterocycles. The summed E-state index contributed by atoms with van der Waals surface area (Å²) >= 11 is 11.8. The summed E-state index contributed by atoms with van der Waals surface area (Å²) < 4.78 is 10.7. The number of halogens is 2. The van der Waals surface area contributed by atoms with Crippen molar-refractivity contribution < 1.29 is 19.1 Å². The number of esters is 1. The van der Waals surface area contributed by atoms with Gasteiger partial charge in [0.25, 0.3) is 0 Å². The Labute approximate surface area is 143 Å². The second-order valence-corrected chi connectivity index (χ2v) is 5.68. The zero-order valence-electron chi connectivity index (χ0n) is 12.5. The van der Waals surface area contributed by atoms with Crippen molar-refractivity contribution in [3.05, 3.63) is 58.1 Å². The van der Waals surface area contributed by atoms with E-state index < -0.39 is 12.1 Å². The maximum atomic E-state index is 12.0. The van der Waals surface area contributed by atoms with Gasteiger partial charge in [-0.3, -0.25) is 4.79 Å². The van der Waals surface area contributed by atoms with Gasteiger partial charge in [-0.1, -0.05) is 23.2 Å². The van der Waals surface area contributed by atoms with E-state index in [4.69, 9.17) is 32.7 Å². The quantitative estimate of drug-likeness (QED) is 0.449. The fourth-order valence-electron chi connectivity index (χ4n) is 1.77. The molecule has 0 aliphatic rings. The molecule has 6 heteroatoms. The number of benzene rings is 2. The van der Waals surface area contributed by atoms with Crippen molar-refractivity contribution in [1.29, 1.82) is 0 Å². The van der Waals surface area contributed by atoms with E-state index in [0.29, 0.717) is 27.1 Å². The lowest BCUT2D eigenvalue weighted by atomic mass is 10.1. The molecule has 0 bridgehead atoms. The molecule has 1 atom stereocenters. The minimum atomic E-state index is -0.860. The summed E-state index contributed by atoms with van der Waals surface area (Å²) in [5.41, 5.74) is 0.544. The first-order valence-electron chi connectivity index (χ1n) is 6.81. The predicted molar refractivity (Wildman–Crippen MR) is 88.6 cm³/mol. The molecule has 0 aliphatic heterocycles. The molecule has 23 heavy (non-hydrogen) atoms. The second-order valence-electron chi connectivity index (χ2n) is 4.84. The number of carbonyl (C=O) groups excluding carboxylic acids is 2. The van der Waals surface area contributed by atoms with Crippen LogP contribution < -0.4 is 9.47 Å². The number of hydrogen-bond acceptors (Lipinski definition) is 4. The van der Waals surface area contributed by atoms with Crippen LogP contribution in [-0.2, 0) is 4.79 Å². The molecule has 0 unspecified atom stereocenters. The highest BCUT2D eigenvalue weighted by Gasteiger charge is 2.18. The van der Waals surface area contributed by atoms with E-state index in [1.807, 2.05) is 0 Å². The number of Topliss-reactive ketones (excluding diaryl/α,β-unsaturated/α-hetero) is 1. The average molecular weight is 353 g/mol. The van der Waals surface area contributed by atoms with Crippen molar-refractivity contribution in [1.82, 2.24) is 0 Å². The summed E-state index contributed by atoms with van der Waals surface area (Å²) in [4.78, 5) is 23.2. The Balaban J connectivity index is 2.00. The van der Waals surface area contributed by atoms with Gasteiger partial charge < -0.3 is 9.47 Å². The van der Waals surface area contributed by atoms with Crippen LogP contribution in [0.5, 0.6) is 11.5 Å². The van der Waals surface area contributed by atoms with E-state index in [1.165, 1.54) is 13.0 Å². The minimum absolute atomic E-state index is 0.0584. The van der Waals surface area contributed by atoms with E-state index >= 15 is 0 Å². The smallest absolute Gasteiger partial charge is 0.352 e. The van der Waals surface area contributed by atoms with Crippen LogP contribution in [0.3, 0.4) is 0 Å². The van der Waals surface area contributed by atoms with Crippen LogP contribution >= 0.6 is 23.2 Å². The second kappa shape index (κ2) is 7.49. The van der Waals surface area contributed by atoms with Crippen LogP contribution in [0.4, 0.5) is 0 Å². The fourth-order valence-corrected chi connectivity index (χ4v) is 2.22. The summed E-state index contributed by atoms with van der Waals surface area (Å²) in [6, 6.07) is 11.0. The van der Waals surface area contributed by atoms with E-state index in [9.17, 15) is 9.59 Å². The minimum Gasteiger partial charge on any atom is -0.477 e. The number of hydrogen-bond donors (Lipinski definition) is 0. The Morgan fingerprint density at radius 3 is 2.26 bits per heavy atom. The molecule has 0 saturated carbocycles. The monoisotopic (exact) mass is 352 g/mol. The highest BCUT2D eigenvalue weighted by molar-refractivity contribution is 6.35.